The van der Waals surface area contributed by atoms with E-state index >= 15 is 0 Å². The van der Waals surface area contributed by atoms with Crippen molar-refractivity contribution < 1.29 is 8.91 Å². The van der Waals surface area contributed by atoms with Crippen molar-refractivity contribution in [1.82, 2.24) is 5.16 Å². The Morgan fingerprint density at radius 3 is 2.73 bits per heavy atom. The topological polar surface area (TPSA) is 75.9 Å². The van der Waals surface area contributed by atoms with Crippen LogP contribution in [0.1, 0.15) is 5.56 Å². The number of hydrogen-bond donors (Lipinski definition) is 2. The minimum Gasteiger partial charge on any atom is -0.384 e. The first-order chi connectivity index (χ1) is 7.18. The lowest BCUT2D eigenvalue weighted by molar-refractivity contribution is 0.422. The van der Waals surface area contributed by atoms with E-state index in [0.29, 0.717) is 16.8 Å². The highest BCUT2D eigenvalue weighted by atomic mass is 19.1. The molecule has 0 aliphatic rings. The number of nitrogens with zero attached hydrogens (tertiary/aromatic N) is 1. The number of rotatable bonds is 2. The molecule has 0 atom stereocenters. The van der Waals surface area contributed by atoms with Gasteiger partial charge in [-0.25, -0.2) is 4.39 Å². The number of halogens is 1. The summed E-state index contributed by atoms with van der Waals surface area (Å²) in [6.07, 6.45) is 1.37. The van der Waals surface area contributed by atoms with Gasteiger partial charge in [-0.2, -0.15) is 0 Å². The zero-order chi connectivity index (χ0) is 10.8. The van der Waals surface area contributed by atoms with E-state index in [-0.39, 0.29) is 5.84 Å². The van der Waals surface area contributed by atoms with Gasteiger partial charge in [0.25, 0.3) is 0 Å². The highest BCUT2D eigenvalue weighted by Gasteiger charge is 2.09. The van der Waals surface area contributed by atoms with E-state index in [2.05, 4.69) is 9.68 Å². The fraction of sp³-hybridized carbons (Fsp3) is 0. The van der Waals surface area contributed by atoms with Crippen LogP contribution in [0.4, 0.5) is 4.39 Å². The molecule has 4 nitrogen and oxygen atoms in total. The number of aromatic nitrogens is 1. The molecule has 0 aliphatic carbocycles. The summed E-state index contributed by atoms with van der Waals surface area (Å²) in [5, 5.41) is 10.8. The van der Waals surface area contributed by atoms with Crippen molar-refractivity contribution in [2.24, 2.45) is 5.73 Å². The molecule has 0 saturated carbocycles. The van der Waals surface area contributed by atoms with Gasteiger partial charge in [0.1, 0.15) is 23.6 Å². The zero-order valence-corrected chi connectivity index (χ0v) is 7.70. The molecule has 76 valence electrons. The third-order valence-electron chi connectivity index (χ3n) is 1.99. The highest BCUT2D eigenvalue weighted by molar-refractivity contribution is 5.95. The van der Waals surface area contributed by atoms with E-state index in [1.54, 1.807) is 12.1 Å². The Labute approximate surface area is 85.0 Å². The minimum absolute atomic E-state index is 0.166. The number of nitrogens with two attached hydrogens (primary N) is 1. The average Bonchev–Trinajstić information content (AvgIpc) is 2.70. The molecule has 0 aliphatic heterocycles. The van der Waals surface area contributed by atoms with E-state index in [1.165, 1.54) is 18.4 Å². The first-order valence-corrected chi connectivity index (χ1v) is 4.23. The van der Waals surface area contributed by atoms with Gasteiger partial charge in [-0.3, -0.25) is 5.41 Å². The largest absolute Gasteiger partial charge is 0.384 e. The maximum atomic E-state index is 13.5. The van der Waals surface area contributed by atoms with Crippen LogP contribution < -0.4 is 5.73 Å². The van der Waals surface area contributed by atoms with Crippen molar-refractivity contribution in [3.05, 3.63) is 41.9 Å². The maximum Gasteiger partial charge on any atom is 0.133 e. The Morgan fingerprint density at radius 2 is 2.20 bits per heavy atom. The SMILES string of the molecule is N=C(N)c1ccc(-c2ccon2)c(F)c1. The predicted octanol–water partition coefficient (Wildman–Crippen LogP) is 1.76. The van der Waals surface area contributed by atoms with Gasteiger partial charge in [-0.05, 0) is 12.1 Å². The minimum atomic E-state index is -0.475. The number of amidine groups is 1. The van der Waals surface area contributed by atoms with E-state index in [0.717, 1.165) is 0 Å². The third kappa shape index (κ3) is 1.71. The maximum absolute atomic E-state index is 13.5. The van der Waals surface area contributed by atoms with Crippen molar-refractivity contribution >= 4 is 5.84 Å². The van der Waals surface area contributed by atoms with Gasteiger partial charge >= 0.3 is 0 Å². The molecule has 0 saturated heterocycles. The lowest BCUT2D eigenvalue weighted by Gasteiger charge is -2.01. The molecular formula is C10H8FN3O. The van der Waals surface area contributed by atoms with Gasteiger partial charge in [0.15, 0.2) is 0 Å². The molecule has 5 heteroatoms. The Morgan fingerprint density at radius 1 is 1.40 bits per heavy atom. The van der Waals surface area contributed by atoms with E-state index in [1.807, 2.05) is 0 Å². The van der Waals surface area contributed by atoms with Crippen LogP contribution in [0.3, 0.4) is 0 Å². The molecule has 0 radical (unpaired) electrons. The second-order valence-electron chi connectivity index (χ2n) is 2.99. The van der Waals surface area contributed by atoms with Crippen molar-refractivity contribution in [1.29, 1.82) is 5.41 Å². The van der Waals surface area contributed by atoms with Crippen LogP contribution in [0.15, 0.2) is 35.1 Å². The quantitative estimate of drug-likeness (QED) is 0.579. The molecule has 2 aromatic rings. The van der Waals surface area contributed by atoms with Crippen molar-refractivity contribution in [2.45, 2.75) is 0 Å². The van der Waals surface area contributed by atoms with Crippen LogP contribution in [0, 0.1) is 11.2 Å². The van der Waals surface area contributed by atoms with Gasteiger partial charge in [0.2, 0.25) is 0 Å². The summed E-state index contributed by atoms with van der Waals surface area (Å²) in [4.78, 5) is 0. The smallest absolute Gasteiger partial charge is 0.133 e. The van der Waals surface area contributed by atoms with Crippen LogP contribution in [-0.4, -0.2) is 11.0 Å². The molecule has 0 unspecified atom stereocenters. The van der Waals surface area contributed by atoms with Crippen LogP contribution in [0.25, 0.3) is 11.3 Å². The normalized spacial score (nSPS) is 10.2. The van der Waals surface area contributed by atoms with Gasteiger partial charge in [0.05, 0.1) is 0 Å². The van der Waals surface area contributed by atoms with Crippen molar-refractivity contribution in [3.8, 4) is 11.3 Å². The first kappa shape index (κ1) is 9.39. The molecule has 0 bridgehead atoms. The lowest BCUT2D eigenvalue weighted by atomic mass is 10.1. The second-order valence-corrected chi connectivity index (χ2v) is 2.99. The van der Waals surface area contributed by atoms with E-state index < -0.39 is 5.82 Å². The van der Waals surface area contributed by atoms with Crippen molar-refractivity contribution in [2.75, 3.05) is 0 Å². The summed E-state index contributed by atoms with van der Waals surface area (Å²) in [5.74, 6) is -0.641. The number of nitrogens with one attached hydrogen (secondary N) is 1. The fourth-order valence-corrected chi connectivity index (χ4v) is 1.24. The van der Waals surface area contributed by atoms with Crippen LogP contribution in [0.2, 0.25) is 0 Å². The molecule has 3 N–H and O–H groups in total. The number of benzene rings is 1. The van der Waals surface area contributed by atoms with Crippen LogP contribution in [-0.2, 0) is 0 Å². The summed E-state index contributed by atoms with van der Waals surface area (Å²) in [6, 6.07) is 5.84. The number of hydrogen-bond acceptors (Lipinski definition) is 3. The standard InChI is InChI=1S/C10H8FN3O/c11-8-5-6(10(12)13)1-2-7(8)9-3-4-15-14-9/h1-5H,(H3,12,13). The average molecular weight is 205 g/mol. The molecule has 1 aromatic carbocycles. The molecule has 0 spiro atoms. The highest BCUT2D eigenvalue weighted by Crippen LogP contribution is 2.21. The van der Waals surface area contributed by atoms with E-state index in [4.69, 9.17) is 11.1 Å². The Kier molecular flexibility index (Phi) is 2.21. The van der Waals surface area contributed by atoms with Gasteiger partial charge in [-0.1, -0.05) is 11.2 Å². The molecular weight excluding hydrogens is 197 g/mol. The molecule has 2 rings (SSSR count). The first-order valence-electron chi connectivity index (χ1n) is 4.23. The molecule has 0 fully saturated rings. The summed E-state index contributed by atoms with van der Waals surface area (Å²) < 4.78 is 18.2. The van der Waals surface area contributed by atoms with Crippen LogP contribution in [0.5, 0.6) is 0 Å². The van der Waals surface area contributed by atoms with Gasteiger partial charge < -0.3 is 10.3 Å². The van der Waals surface area contributed by atoms with Gasteiger partial charge in [-0.15, -0.1) is 0 Å². The molecule has 1 heterocycles. The Hall–Kier alpha value is -2.17. The third-order valence-corrected chi connectivity index (χ3v) is 1.99. The van der Waals surface area contributed by atoms with Gasteiger partial charge in [0, 0.05) is 17.2 Å². The zero-order valence-electron chi connectivity index (χ0n) is 7.70. The fourth-order valence-electron chi connectivity index (χ4n) is 1.24. The van der Waals surface area contributed by atoms with Crippen LogP contribution >= 0.6 is 0 Å². The monoisotopic (exact) mass is 205 g/mol. The Balaban J connectivity index is 2.48. The lowest BCUT2D eigenvalue weighted by Crippen LogP contribution is -2.11. The predicted molar refractivity (Wildman–Crippen MR) is 52.9 cm³/mol. The molecule has 15 heavy (non-hydrogen) atoms. The molecule has 0 amide bonds. The number of nitrogen functional groups attached to an aromatic ring is 1. The summed E-state index contributed by atoms with van der Waals surface area (Å²) in [6.45, 7) is 0. The van der Waals surface area contributed by atoms with E-state index in [9.17, 15) is 4.39 Å². The summed E-state index contributed by atoms with van der Waals surface area (Å²) >= 11 is 0. The van der Waals surface area contributed by atoms with Crippen molar-refractivity contribution in [3.63, 3.8) is 0 Å². The second kappa shape index (κ2) is 3.53. The summed E-state index contributed by atoms with van der Waals surface area (Å²) in [7, 11) is 0. The summed E-state index contributed by atoms with van der Waals surface area (Å²) in [5.41, 5.74) is 6.33. The molecule has 1 aromatic heterocycles. The Bertz CT molecular complexity index is 493.